The third kappa shape index (κ3) is 5.91. The van der Waals surface area contributed by atoms with Crippen LogP contribution in [-0.2, 0) is 11.2 Å². The number of aryl methyl sites for hydroxylation is 1. The number of piperazine rings is 1. The van der Waals surface area contributed by atoms with Gasteiger partial charge in [0.2, 0.25) is 6.54 Å². The molecule has 0 N–H and O–H groups in total. The number of nitrogens with zero attached hydrogens (tertiary/aromatic N) is 6. The summed E-state index contributed by atoms with van der Waals surface area (Å²) in [6.07, 6.45) is 4.20. The first-order valence-electron chi connectivity index (χ1n) is 14.7. The third-order valence-corrected chi connectivity index (χ3v) is 9.88. The van der Waals surface area contributed by atoms with Crippen LogP contribution in [0, 0.1) is 12.4 Å². The molecule has 3 aliphatic rings. The lowest BCUT2D eigenvalue weighted by molar-refractivity contribution is -0.131. The van der Waals surface area contributed by atoms with Crippen molar-refractivity contribution in [3.63, 3.8) is 0 Å². The number of carbonyl (C=O) groups excluding carboxylic acids is 1. The van der Waals surface area contributed by atoms with Crippen molar-refractivity contribution in [2.75, 3.05) is 57.0 Å². The quantitative estimate of drug-likeness (QED) is 0.266. The molecule has 1 aromatic heterocycles. The predicted molar refractivity (Wildman–Crippen MR) is 165 cm³/mol. The Kier molecular flexibility index (Phi) is 8.50. The summed E-state index contributed by atoms with van der Waals surface area (Å²) in [6, 6.07) is 9.17. The molecule has 1 amide bonds. The maximum absolute atomic E-state index is 16.0. The summed E-state index contributed by atoms with van der Waals surface area (Å²) < 4.78 is 36.0. The van der Waals surface area contributed by atoms with Crippen LogP contribution < -0.4 is 9.64 Å². The number of likely N-dealkylation sites (tertiary alicyclic amines) is 1. The Balaban J connectivity index is 1.41. The average Bonchev–Trinajstić information content (AvgIpc) is 3.43. The molecular formula is C32H34F2N6O2S. The molecule has 2 fully saturated rings. The second-order valence-electron chi connectivity index (χ2n) is 11.4. The third-order valence-electron chi connectivity index (χ3n) is 8.62. The lowest BCUT2D eigenvalue weighted by Gasteiger charge is -2.39. The highest BCUT2D eigenvalue weighted by Crippen LogP contribution is 2.41. The van der Waals surface area contributed by atoms with Gasteiger partial charge < -0.3 is 24.3 Å². The molecule has 0 aliphatic carbocycles. The number of benzene rings is 2. The molecule has 43 heavy (non-hydrogen) atoms. The molecule has 6 rings (SSSR count). The van der Waals surface area contributed by atoms with Gasteiger partial charge in [-0.2, -0.15) is 9.97 Å². The van der Waals surface area contributed by atoms with Crippen LogP contribution in [0.2, 0.25) is 0 Å². The summed E-state index contributed by atoms with van der Waals surface area (Å²) in [4.78, 5) is 32.1. The molecule has 3 aliphatic heterocycles. The van der Waals surface area contributed by atoms with Gasteiger partial charge in [-0.3, -0.25) is 4.79 Å². The Morgan fingerprint density at radius 2 is 2.05 bits per heavy atom. The van der Waals surface area contributed by atoms with Gasteiger partial charge in [0.25, 0.3) is 5.91 Å². The fourth-order valence-corrected chi connectivity index (χ4v) is 7.50. The molecule has 4 heterocycles. The van der Waals surface area contributed by atoms with E-state index in [0.29, 0.717) is 35.4 Å². The van der Waals surface area contributed by atoms with E-state index in [1.165, 1.54) is 16.5 Å². The van der Waals surface area contributed by atoms with Crippen molar-refractivity contribution in [2.24, 2.45) is 0 Å². The number of aromatic nitrogens is 2. The number of carbonyl (C=O) groups is 1. The molecule has 224 valence electrons. The lowest BCUT2D eigenvalue weighted by atomic mass is 9.98. The largest absolute Gasteiger partial charge is 0.462 e. The van der Waals surface area contributed by atoms with E-state index in [1.807, 2.05) is 17.0 Å². The van der Waals surface area contributed by atoms with E-state index in [4.69, 9.17) is 21.3 Å². The second-order valence-corrected chi connectivity index (χ2v) is 12.5. The highest BCUT2D eigenvalue weighted by atomic mass is 32.2. The van der Waals surface area contributed by atoms with E-state index in [-0.39, 0.29) is 37.5 Å². The molecule has 3 aromatic rings. The molecule has 0 saturated carbocycles. The van der Waals surface area contributed by atoms with E-state index in [2.05, 4.69) is 29.4 Å². The normalized spacial score (nSPS) is 20.6. The van der Waals surface area contributed by atoms with E-state index >= 15 is 4.39 Å². The van der Waals surface area contributed by atoms with Crippen molar-refractivity contribution < 1.29 is 18.3 Å². The minimum absolute atomic E-state index is 0.00873. The first-order valence-corrected chi connectivity index (χ1v) is 15.7. The van der Waals surface area contributed by atoms with Gasteiger partial charge >= 0.3 is 6.01 Å². The number of anilines is 1. The second kappa shape index (κ2) is 12.5. The number of thioether (sulfide) groups is 1. The van der Waals surface area contributed by atoms with Crippen molar-refractivity contribution in [1.29, 1.82) is 0 Å². The summed E-state index contributed by atoms with van der Waals surface area (Å²) in [5.74, 6) is -0.784. The fourth-order valence-electron chi connectivity index (χ4n) is 6.32. The SMILES string of the molecule is [C-]#[N+]C[C@H]1CN(c2nc(OC[C@@H]3CCCN3C)nc3cc(-c4cccc5c4SCCC5)c(F)cc23)CCN1C(=O)C(=C)F. The zero-order valence-corrected chi connectivity index (χ0v) is 25.0. The molecular weight excluding hydrogens is 570 g/mol. The number of amides is 1. The number of rotatable bonds is 7. The number of hydrogen-bond donors (Lipinski definition) is 0. The average molecular weight is 605 g/mol. The van der Waals surface area contributed by atoms with E-state index in [9.17, 15) is 9.18 Å². The van der Waals surface area contributed by atoms with Crippen LogP contribution in [-0.4, -0.2) is 89.9 Å². The molecule has 0 radical (unpaired) electrons. The first-order chi connectivity index (χ1) is 20.8. The first kappa shape index (κ1) is 29.3. The molecule has 2 atom stereocenters. The van der Waals surface area contributed by atoms with Crippen LogP contribution in [0.4, 0.5) is 14.6 Å². The smallest absolute Gasteiger partial charge is 0.319 e. The standard InChI is InChI=1S/C32H34F2N6O2S/c1-20(33)31(41)40-13-12-39(18-23(40)17-35-2)30-26-15-27(34)25(24-10-4-7-21-8-6-14-43-29(21)24)16-28(26)36-32(37-30)42-19-22-9-5-11-38(22)3/h4,7,10,15-16,22-23H,1,5-6,8-9,11-14,17-19H2,3H3/t22-,23-/m0/s1. The van der Waals surface area contributed by atoms with Crippen molar-refractivity contribution in [2.45, 2.75) is 42.7 Å². The minimum atomic E-state index is -1.06. The highest BCUT2D eigenvalue weighted by molar-refractivity contribution is 7.99. The van der Waals surface area contributed by atoms with Crippen molar-refractivity contribution in [3.05, 3.63) is 65.5 Å². The Morgan fingerprint density at radius 1 is 1.19 bits per heavy atom. The van der Waals surface area contributed by atoms with Crippen molar-refractivity contribution in [3.8, 4) is 17.1 Å². The van der Waals surface area contributed by atoms with Crippen LogP contribution >= 0.6 is 11.8 Å². The Hall–Kier alpha value is -3.75. The summed E-state index contributed by atoms with van der Waals surface area (Å²) >= 11 is 1.76. The summed E-state index contributed by atoms with van der Waals surface area (Å²) in [5, 5.41) is 0.514. The molecule has 2 aromatic carbocycles. The topological polar surface area (TPSA) is 66.2 Å². The van der Waals surface area contributed by atoms with Gasteiger partial charge in [0, 0.05) is 41.5 Å². The molecule has 2 saturated heterocycles. The summed E-state index contributed by atoms with van der Waals surface area (Å²) in [7, 11) is 2.08. The molecule has 0 unspecified atom stereocenters. The maximum Gasteiger partial charge on any atom is 0.319 e. The number of fused-ring (bicyclic) bond motifs is 2. The van der Waals surface area contributed by atoms with E-state index in [1.54, 1.807) is 17.8 Å². The zero-order chi connectivity index (χ0) is 30.1. The van der Waals surface area contributed by atoms with Gasteiger partial charge in [-0.25, -0.2) is 15.4 Å². The van der Waals surface area contributed by atoms with E-state index in [0.717, 1.165) is 48.4 Å². The maximum atomic E-state index is 16.0. The van der Waals surface area contributed by atoms with E-state index < -0.39 is 17.8 Å². The van der Waals surface area contributed by atoms with Gasteiger partial charge in [-0.05, 0) is 68.3 Å². The minimum Gasteiger partial charge on any atom is -0.462 e. The van der Waals surface area contributed by atoms with Gasteiger partial charge in [0.15, 0.2) is 5.83 Å². The van der Waals surface area contributed by atoms with Crippen LogP contribution in [0.25, 0.3) is 26.9 Å². The van der Waals surface area contributed by atoms with Gasteiger partial charge in [-0.1, -0.05) is 24.8 Å². The fraction of sp³-hybridized carbons (Fsp3) is 0.438. The molecule has 0 bridgehead atoms. The number of likely N-dealkylation sites (N-methyl/N-ethyl adjacent to an activating group) is 1. The Morgan fingerprint density at radius 3 is 2.81 bits per heavy atom. The Labute approximate surface area is 254 Å². The van der Waals surface area contributed by atoms with Gasteiger partial charge in [0.1, 0.15) is 24.3 Å². The van der Waals surface area contributed by atoms with Crippen LogP contribution in [0.1, 0.15) is 24.8 Å². The van der Waals surface area contributed by atoms with Crippen LogP contribution in [0.5, 0.6) is 6.01 Å². The number of ether oxygens (including phenoxy) is 1. The van der Waals surface area contributed by atoms with Gasteiger partial charge in [-0.15, -0.1) is 11.8 Å². The van der Waals surface area contributed by atoms with Crippen molar-refractivity contribution >= 4 is 34.4 Å². The molecule has 8 nitrogen and oxygen atoms in total. The molecule has 0 spiro atoms. The van der Waals surface area contributed by atoms with Crippen LogP contribution in [0.3, 0.4) is 0 Å². The summed E-state index contributed by atoms with van der Waals surface area (Å²) in [6.45, 7) is 12.7. The summed E-state index contributed by atoms with van der Waals surface area (Å²) in [5.41, 5.74) is 3.11. The van der Waals surface area contributed by atoms with Gasteiger partial charge in [0.05, 0.1) is 5.52 Å². The predicted octanol–water partition coefficient (Wildman–Crippen LogP) is 5.37. The van der Waals surface area contributed by atoms with Crippen molar-refractivity contribution in [1.82, 2.24) is 19.8 Å². The molecule has 11 heteroatoms. The Bertz CT molecular complexity index is 1610. The van der Waals surface area contributed by atoms with Crippen LogP contribution in [0.15, 0.2) is 47.6 Å². The number of halogens is 2. The zero-order valence-electron chi connectivity index (χ0n) is 24.2. The highest BCUT2D eigenvalue weighted by Gasteiger charge is 2.35. The lowest BCUT2D eigenvalue weighted by Crippen LogP contribution is -2.56. The number of hydrogen-bond acceptors (Lipinski definition) is 7. The monoisotopic (exact) mass is 604 g/mol.